The minimum Gasteiger partial charge on any atom is -0.496 e. The molecule has 13 rings (SSSR count). The highest BCUT2D eigenvalue weighted by Crippen LogP contribution is 2.33. The van der Waals surface area contributed by atoms with Crippen LogP contribution in [0.3, 0.4) is 0 Å². The van der Waals surface area contributed by atoms with E-state index < -0.39 is 18.1 Å². The quantitative estimate of drug-likeness (QED) is 0.00986. The molecule has 0 saturated carbocycles. The molecule has 3 fully saturated rings. The van der Waals surface area contributed by atoms with Crippen molar-refractivity contribution in [2.45, 2.75) is 112 Å². The molecule has 0 bridgehead atoms. The number of carbonyl (C=O) groups excluding carboxylic acids is 6. The van der Waals surface area contributed by atoms with Gasteiger partial charge in [-0.15, -0.1) is 0 Å². The number of rotatable bonds is 36. The van der Waals surface area contributed by atoms with E-state index in [0.29, 0.717) is 159 Å². The predicted molar refractivity (Wildman–Crippen MR) is 504 cm³/mol. The van der Waals surface area contributed by atoms with Gasteiger partial charge < -0.3 is 90.5 Å². The van der Waals surface area contributed by atoms with E-state index in [0.717, 1.165) is 37.5 Å². The molecule has 3 saturated heterocycles. The van der Waals surface area contributed by atoms with E-state index in [4.69, 9.17) is 43.9 Å². The fraction of sp³-hybridized carbons (Fsp3) is 0.323. The maximum atomic E-state index is 14.1. The van der Waals surface area contributed by atoms with Gasteiger partial charge in [0.2, 0.25) is 17.7 Å². The second kappa shape index (κ2) is 49.5. The Morgan fingerprint density at radius 2 is 0.722 bits per heavy atom. The van der Waals surface area contributed by atoms with Crippen LogP contribution in [0, 0.1) is 0 Å². The van der Waals surface area contributed by atoms with E-state index in [1.807, 2.05) is 203 Å². The number of fused-ring (bicyclic) bond motifs is 1. The molecule has 3 heterocycles. The van der Waals surface area contributed by atoms with Crippen molar-refractivity contribution in [1.82, 2.24) is 46.6 Å². The first-order chi connectivity index (χ1) is 61.3. The zero-order valence-corrected chi connectivity index (χ0v) is 73.1. The zero-order chi connectivity index (χ0) is 88.8. The molecule has 3 aliphatic heterocycles. The van der Waals surface area contributed by atoms with Gasteiger partial charge in [0.1, 0.15) is 11.5 Å². The Labute approximate surface area is 747 Å². The van der Waals surface area contributed by atoms with Gasteiger partial charge in [-0.25, -0.2) is 0 Å². The lowest BCUT2D eigenvalue weighted by atomic mass is 9.90. The van der Waals surface area contributed by atoms with E-state index in [1.54, 1.807) is 19.2 Å². The second-order valence-electron chi connectivity index (χ2n) is 31.7. The first-order valence-electron chi connectivity index (χ1n) is 43.3. The van der Waals surface area contributed by atoms with Gasteiger partial charge in [-0.1, -0.05) is 240 Å². The molecule has 0 spiro atoms. The van der Waals surface area contributed by atoms with Crippen LogP contribution in [-0.2, 0) is 19.2 Å². The lowest BCUT2D eigenvalue weighted by Crippen LogP contribution is -2.49. The van der Waals surface area contributed by atoms with Crippen LogP contribution >= 0.6 is 15.9 Å². The fourth-order valence-corrected chi connectivity index (χ4v) is 16.4. The third-order valence-corrected chi connectivity index (χ3v) is 23.3. The van der Waals surface area contributed by atoms with Crippen molar-refractivity contribution in [3.05, 3.63) is 322 Å². The third kappa shape index (κ3) is 29.4. The minimum absolute atomic E-state index is 0.0234. The minimum atomic E-state index is -0.439. The van der Waals surface area contributed by atoms with Crippen molar-refractivity contribution in [2.75, 3.05) is 92.3 Å². The summed E-state index contributed by atoms with van der Waals surface area (Å²) in [5.74, 6) is 0.975. The molecule has 6 atom stereocenters. The average molecular weight is 1770 g/mol. The normalized spacial score (nSPS) is 17.1. The number of nitrogens with zero attached hydrogens (tertiary/aromatic N) is 6. The Balaban J connectivity index is 0.000000184. The van der Waals surface area contributed by atoms with Gasteiger partial charge in [0.15, 0.2) is 24.5 Å². The van der Waals surface area contributed by atoms with Crippen LogP contribution in [0.1, 0.15) is 130 Å². The lowest BCUT2D eigenvalue weighted by molar-refractivity contribution is -0.133. The number of hydrogen-bond acceptors (Lipinski definition) is 14. The van der Waals surface area contributed by atoms with Gasteiger partial charge in [-0.2, -0.15) is 0 Å². The molecular weight excluding hydrogens is 1650 g/mol. The van der Waals surface area contributed by atoms with Gasteiger partial charge in [-0.3, -0.25) is 43.7 Å². The van der Waals surface area contributed by atoms with Crippen molar-refractivity contribution in [1.29, 1.82) is 0 Å². The monoisotopic (exact) mass is 1770 g/mol. The molecule has 6 amide bonds. The molecule has 26 nitrogen and oxygen atoms in total. The van der Waals surface area contributed by atoms with Gasteiger partial charge in [-0.05, 0) is 150 Å². The number of nitrogens with one attached hydrogen (secondary N) is 6. The van der Waals surface area contributed by atoms with Crippen LogP contribution in [0.2, 0.25) is 0 Å². The van der Waals surface area contributed by atoms with E-state index in [9.17, 15) is 28.8 Å². The van der Waals surface area contributed by atoms with E-state index in [1.165, 1.54) is 11.1 Å². The molecule has 3 aliphatic rings. The largest absolute Gasteiger partial charge is 0.496 e. The highest BCUT2D eigenvalue weighted by molar-refractivity contribution is 9.10. The highest BCUT2D eigenvalue weighted by atomic mass is 79.9. The van der Waals surface area contributed by atoms with Crippen molar-refractivity contribution in [3.8, 4) is 11.5 Å². The number of guanidine groups is 3. The smallest absolute Gasteiger partial charge is 0.257 e. The molecular formula is C99H119BrN18O8. The summed E-state index contributed by atoms with van der Waals surface area (Å²) in [6.45, 7) is 5.84. The van der Waals surface area contributed by atoms with Crippen LogP contribution < -0.4 is 75.8 Å². The fourth-order valence-electron chi connectivity index (χ4n) is 16.1. The Bertz CT molecular complexity index is 5020. The first kappa shape index (κ1) is 93.7. The SMILES string of the molecule is COc1cc2ccccc2cc1C(=O)NC[C@@H]1CCN(CC(c2ccccc2)c2ccccc2)C(=O)[C@H](CCCN=C(N)N)N1.NC(N)=NCCC[C@@H]1N[C@H](CNC(=O)COc2ccccc2)CCN(CC(c2ccccc2)c2ccccc2)C1=O.NC(N)=NCCC[C@@H]1N[C@H](CNC(=O)c2ccc(Br)cc2)CCN(CC(c2ccccc2)c2ccccc2)C1=O. The summed E-state index contributed by atoms with van der Waals surface area (Å²) in [6.07, 6.45) is 5.79. The zero-order valence-electron chi connectivity index (χ0n) is 71.5. The Hall–Kier alpha value is -13.0. The number of amides is 6. The molecule has 0 aromatic heterocycles. The van der Waals surface area contributed by atoms with Gasteiger partial charge >= 0.3 is 0 Å². The molecule has 10 aromatic rings. The van der Waals surface area contributed by atoms with Crippen LogP contribution in [0.5, 0.6) is 11.5 Å². The van der Waals surface area contributed by atoms with Crippen LogP contribution in [0.4, 0.5) is 0 Å². The Morgan fingerprint density at radius 3 is 1.06 bits per heavy atom. The Morgan fingerprint density at radius 1 is 0.413 bits per heavy atom. The summed E-state index contributed by atoms with van der Waals surface area (Å²) >= 11 is 3.40. The average Bonchev–Trinajstić information content (AvgIpc) is 1.74. The molecule has 0 aliphatic carbocycles. The number of hydrogen-bond donors (Lipinski definition) is 12. The predicted octanol–water partition coefficient (Wildman–Crippen LogP) is 10.3. The lowest BCUT2D eigenvalue weighted by Gasteiger charge is -2.29. The topological polar surface area (TPSA) is 396 Å². The van der Waals surface area contributed by atoms with E-state index in [2.05, 4.69) is 136 Å². The van der Waals surface area contributed by atoms with Crippen molar-refractivity contribution in [2.24, 2.45) is 49.4 Å². The van der Waals surface area contributed by atoms with Crippen molar-refractivity contribution < 1.29 is 38.2 Å². The molecule has 10 aromatic carbocycles. The van der Waals surface area contributed by atoms with E-state index in [-0.39, 0.29) is 95.8 Å². The van der Waals surface area contributed by atoms with E-state index >= 15 is 0 Å². The summed E-state index contributed by atoms with van der Waals surface area (Å²) in [6, 6.07) is 88.4. The van der Waals surface area contributed by atoms with Gasteiger partial charge in [0, 0.05) is 124 Å². The highest BCUT2D eigenvalue weighted by Gasteiger charge is 2.37. The molecule has 126 heavy (non-hydrogen) atoms. The number of halogens is 1. The van der Waals surface area contributed by atoms with Crippen LogP contribution in [0.25, 0.3) is 10.8 Å². The standard InChI is InChI=1S/C36H42N6O3.C32H40N6O3.C31H37BrN6O2/c1-45-33-22-28-16-9-8-15-27(28)21-30(33)34(43)40-23-29-18-20-42(35(44)32(41-29)17-10-19-39-36(37)38)24-31(25-11-4-2-5-12-25)26-13-6-3-7-14-26;33-32(34)35-19-10-17-29-31(40)38(22-28(24-11-4-1-5-12-24)25-13-6-2-7-14-25)20-18-26(37-29)21-36-30(39)23-41-27-15-8-3-9-16-27;32-25-15-13-24(14-16-25)29(39)36-20-26-17-19-38(30(40)28(37-26)12-7-18-35-31(33)34)21-27(22-8-3-1-4-9-22)23-10-5-2-6-11-23/h2-9,11-16,21-22,29,31-32,41H,10,17-20,23-24H2,1H3,(H,40,43)(H4,37,38,39);1-9,11-16,26,28-29,37H,10,17-23H2,(H,36,39)(H4,33,34,35);1-6,8-11,13-16,26-28,37H,7,12,17-21H2,(H,36,39)(H4,33,34,35)/t29-,32-;26-,29-;26-,28-/m000/s1. The van der Waals surface area contributed by atoms with Crippen LogP contribution in [-0.4, -0.2) is 197 Å². The third-order valence-electron chi connectivity index (χ3n) is 22.7. The number of methoxy groups -OCH3 is 1. The number of benzene rings is 10. The maximum Gasteiger partial charge on any atom is 0.257 e. The molecule has 660 valence electrons. The van der Waals surface area contributed by atoms with Crippen molar-refractivity contribution >= 4 is 80.0 Å². The molecule has 18 N–H and O–H groups in total. The maximum absolute atomic E-state index is 14.1. The van der Waals surface area contributed by atoms with Gasteiger partial charge in [0.25, 0.3) is 17.7 Å². The number of para-hydroxylation sites is 1. The summed E-state index contributed by atoms with van der Waals surface area (Å²) in [7, 11) is 1.57. The number of carbonyl (C=O) groups is 6. The number of aliphatic imine (C=N–C) groups is 3. The summed E-state index contributed by atoms with van der Waals surface area (Å²) in [5.41, 5.74) is 41.1. The summed E-state index contributed by atoms with van der Waals surface area (Å²) < 4.78 is 12.0. The first-order valence-corrected chi connectivity index (χ1v) is 44.1. The molecule has 0 unspecified atom stereocenters. The van der Waals surface area contributed by atoms with Crippen molar-refractivity contribution in [3.63, 3.8) is 0 Å². The summed E-state index contributed by atoms with van der Waals surface area (Å²) in [5, 5.41) is 21.7. The molecule has 0 radical (unpaired) electrons. The number of nitrogens with two attached hydrogens (primary N) is 6. The van der Waals surface area contributed by atoms with Gasteiger partial charge in [0.05, 0.1) is 30.8 Å². The molecule has 27 heteroatoms. The summed E-state index contributed by atoms with van der Waals surface area (Å²) in [4.78, 5) is 98.7. The number of ether oxygens (including phenoxy) is 2. The Kier molecular flexibility index (Phi) is 36.8. The second-order valence-corrected chi connectivity index (χ2v) is 32.6. The van der Waals surface area contributed by atoms with Crippen LogP contribution in [0.15, 0.2) is 292 Å².